The second-order valence-corrected chi connectivity index (χ2v) is 8.83. The fourth-order valence-corrected chi connectivity index (χ4v) is 4.56. The number of nitrogens with zero attached hydrogens (tertiary/aromatic N) is 1. The Balaban J connectivity index is 1.38. The van der Waals surface area contributed by atoms with E-state index in [2.05, 4.69) is 24.1 Å². The molecule has 1 heterocycles. The normalized spacial score (nSPS) is 12.0. The van der Waals surface area contributed by atoms with Crippen molar-refractivity contribution in [2.45, 2.75) is 26.2 Å². The Labute approximate surface area is 190 Å². The summed E-state index contributed by atoms with van der Waals surface area (Å²) in [7, 11) is 0. The zero-order valence-electron chi connectivity index (χ0n) is 17.4. The molecule has 1 aromatic heterocycles. The van der Waals surface area contributed by atoms with E-state index in [-0.39, 0.29) is 12.5 Å². The maximum absolute atomic E-state index is 12.3. The van der Waals surface area contributed by atoms with Crippen LogP contribution in [0.15, 0.2) is 66.7 Å². The van der Waals surface area contributed by atoms with Crippen molar-refractivity contribution in [2.24, 2.45) is 0 Å². The van der Waals surface area contributed by atoms with Crippen molar-refractivity contribution >= 4 is 44.7 Å². The number of benzene rings is 3. The minimum atomic E-state index is -0.241. The molecule has 3 aromatic carbocycles. The van der Waals surface area contributed by atoms with Gasteiger partial charge in [0, 0.05) is 11.3 Å². The number of hydrogen-bond donors (Lipinski definition) is 1. The predicted octanol–water partition coefficient (Wildman–Crippen LogP) is 7.15. The van der Waals surface area contributed by atoms with E-state index in [1.54, 1.807) is 17.4 Å². The molecule has 1 atom stereocenters. The van der Waals surface area contributed by atoms with Crippen molar-refractivity contribution in [3.8, 4) is 16.3 Å². The summed E-state index contributed by atoms with van der Waals surface area (Å²) in [4.78, 5) is 16.9. The highest BCUT2D eigenvalue weighted by Gasteiger charge is 2.12. The first-order valence-electron chi connectivity index (χ1n) is 10.2. The van der Waals surface area contributed by atoms with Gasteiger partial charge in [-0.2, -0.15) is 0 Å². The van der Waals surface area contributed by atoms with Gasteiger partial charge in [-0.1, -0.05) is 49.7 Å². The molecule has 4 aromatic rings. The number of rotatable bonds is 7. The lowest BCUT2D eigenvalue weighted by molar-refractivity contribution is -0.118. The number of carbonyl (C=O) groups excluding carboxylic acids is 1. The highest BCUT2D eigenvalue weighted by Crippen LogP contribution is 2.35. The minimum Gasteiger partial charge on any atom is -0.484 e. The monoisotopic (exact) mass is 450 g/mol. The molecule has 0 aliphatic heterocycles. The molecule has 4 rings (SSSR count). The van der Waals surface area contributed by atoms with Crippen LogP contribution in [0.1, 0.15) is 31.7 Å². The largest absolute Gasteiger partial charge is 0.484 e. The molecular weight excluding hydrogens is 428 g/mol. The summed E-state index contributed by atoms with van der Waals surface area (Å²) in [5, 5.41) is 4.23. The Kier molecular flexibility index (Phi) is 6.54. The van der Waals surface area contributed by atoms with Crippen LogP contribution in [0.4, 0.5) is 5.69 Å². The molecule has 0 spiro atoms. The molecule has 6 heteroatoms. The van der Waals surface area contributed by atoms with Crippen molar-refractivity contribution in [1.29, 1.82) is 0 Å². The summed E-state index contributed by atoms with van der Waals surface area (Å²) in [6, 6.07) is 21.3. The predicted molar refractivity (Wildman–Crippen MR) is 129 cm³/mol. The molecule has 1 amide bonds. The average molecular weight is 451 g/mol. The van der Waals surface area contributed by atoms with Crippen LogP contribution in [0.3, 0.4) is 0 Å². The van der Waals surface area contributed by atoms with E-state index in [4.69, 9.17) is 16.3 Å². The van der Waals surface area contributed by atoms with Crippen LogP contribution in [0.2, 0.25) is 5.02 Å². The van der Waals surface area contributed by atoms with Gasteiger partial charge in [-0.3, -0.25) is 4.79 Å². The standard InChI is InChI=1S/C25H23ClN2O2S/c1-3-16(2)17-8-11-19(12-9-17)30-15-24(29)27-18-10-13-20(21(26)14-18)25-28-22-6-4-5-7-23(22)31-25/h4-14,16H,3,15H2,1-2H3,(H,27,29)/t16-/m1/s1. The SMILES string of the molecule is CC[C@@H](C)c1ccc(OCC(=O)Nc2ccc(-c3nc4ccccc4s3)c(Cl)c2)cc1. The van der Waals surface area contributed by atoms with Crippen LogP contribution in [0, 0.1) is 0 Å². The molecular formula is C25H23ClN2O2S. The summed E-state index contributed by atoms with van der Waals surface area (Å²) in [5.41, 5.74) is 3.68. The second-order valence-electron chi connectivity index (χ2n) is 7.40. The van der Waals surface area contributed by atoms with Gasteiger partial charge < -0.3 is 10.1 Å². The molecule has 0 fully saturated rings. The minimum absolute atomic E-state index is 0.0695. The van der Waals surface area contributed by atoms with Gasteiger partial charge in [0.25, 0.3) is 5.91 Å². The first-order valence-corrected chi connectivity index (χ1v) is 11.4. The van der Waals surface area contributed by atoms with Crippen LogP contribution in [0.25, 0.3) is 20.8 Å². The Morgan fingerprint density at radius 3 is 2.61 bits per heavy atom. The number of carbonyl (C=O) groups is 1. The number of halogens is 1. The topological polar surface area (TPSA) is 51.2 Å². The van der Waals surface area contributed by atoms with Gasteiger partial charge in [0.15, 0.2) is 6.61 Å². The van der Waals surface area contributed by atoms with Crippen molar-refractivity contribution < 1.29 is 9.53 Å². The van der Waals surface area contributed by atoms with Crippen molar-refractivity contribution in [2.75, 3.05) is 11.9 Å². The lowest BCUT2D eigenvalue weighted by Crippen LogP contribution is -2.20. The average Bonchev–Trinajstić information content (AvgIpc) is 3.21. The van der Waals surface area contributed by atoms with Crippen LogP contribution >= 0.6 is 22.9 Å². The third kappa shape index (κ3) is 5.06. The first kappa shape index (κ1) is 21.3. The number of ether oxygens (including phenoxy) is 1. The van der Waals surface area contributed by atoms with E-state index in [9.17, 15) is 4.79 Å². The summed E-state index contributed by atoms with van der Waals surface area (Å²) < 4.78 is 6.72. The molecule has 0 radical (unpaired) electrons. The molecule has 4 nitrogen and oxygen atoms in total. The Morgan fingerprint density at radius 1 is 1.13 bits per heavy atom. The smallest absolute Gasteiger partial charge is 0.262 e. The fraction of sp³-hybridized carbons (Fsp3) is 0.200. The quantitative estimate of drug-likeness (QED) is 0.325. The van der Waals surface area contributed by atoms with Gasteiger partial charge in [-0.05, 0) is 60.4 Å². The van der Waals surface area contributed by atoms with Crippen LogP contribution in [-0.4, -0.2) is 17.5 Å². The third-order valence-electron chi connectivity index (χ3n) is 5.21. The van der Waals surface area contributed by atoms with E-state index in [1.165, 1.54) is 5.56 Å². The van der Waals surface area contributed by atoms with E-state index in [0.717, 1.165) is 27.2 Å². The van der Waals surface area contributed by atoms with Crippen LogP contribution in [-0.2, 0) is 4.79 Å². The Hall–Kier alpha value is -2.89. The lowest BCUT2D eigenvalue weighted by Gasteiger charge is -2.11. The molecule has 1 N–H and O–H groups in total. The highest BCUT2D eigenvalue weighted by molar-refractivity contribution is 7.21. The molecule has 31 heavy (non-hydrogen) atoms. The Bertz CT molecular complexity index is 1170. The lowest BCUT2D eigenvalue weighted by atomic mass is 9.99. The summed E-state index contributed by atoms with van der Waals surface area (Å²) in [6.07, 6.45) is 1.09. The maximum atomic E-state index is 12.3. The zero-order chi connectivity index (χ0) is 21.8. The maximum Gasteiger partial charge on any atom is 0.262 e. The van der Waals surface area contributed by atoms with Gasteiger partial charge in [0.2, 0.25) is 0 Å². The second kappa shape index (κ2) is 9.50. The molecule has 0 unspecified atom stereocenters. The Morgan fingerprint density at radius 2 is 1.90 bits per heavy atom. The van der Waals surface area contributed by atoms with Gasteiger partial charge in [-0.25, -0.2) is 4.98 Å². The number of fused-ring (bicyclic) bond motifs is 1. The highest BCUT2D eigenvalue weighted by atomic mass is 35.5. The molecule has 0 aliphatic carbocycles. The van der Waals surface area contributed by atoms with E-state index in [1.807, 2.05) is 60.7 Å². The molecule has 0 bridgehead atoms. The van der Waals surface area contributed by atoms with Gasteiger partial charge in [0.05, 0.1) is 15.2 Å². The van der Waals surface area contributed by atoms with Gasteiger partial charge >= 0.3 is 0 Å². The van der Waals surface area contributed by atoms with Gasteiger partial charge in [0.1, 0.15) is 10.8 Å². The first-order chi connectivity index (χ1) is 15.0. The zero-order valence-corrected chi connectivity index (χ0v) is 19.0. The van der Waals surface area contributed by atoms with Crippen molar-refractivity contribution in [3.05, 3.63) is 77.3 Å². The summed E-state index contributed by atoms with van der Waals surface area (Å²) in [6.45, 7) is 4.29. The van der Waals surface area contributed by atoms with Crippen molar-refractivity contribution in [1.82, 2.24) is 4.98 Å². The number of para-hydroxylation sites is 1. The number of hydrogen-bond acceptors (Lipinski definition) is 4. The summed E-state index contributed by atoms with van der Waals surface area (Å²) >= 11 is 8.08. The van der Waals surface area contributed by atoms with E-state index < -0.39 is 0 Å². The fourth-order valence-electron chi connectivity index (χ4n) is 3.23. The number of amides is 1. The van der Waals surface area contributed by atoms with Crippen LogP contribution in [0.5, 0.6) is 5.75 Å². The number of thiazole rings is 1. The number of nitrogens with one attached hydrogen (secondary N) is 1. The molecule has 158 valence electrons. The van der Waals surface area contributed by atoms with E-state index >= 15 is 0 Å². The van der Waals surface area contributed by atoms with E-state index in [0.29, 0.717) is 22.4 Å². The van der Waals surface area contributed by atoms with Crippen molar-refractivity contribution in [3.63, 3.8) is 0 Å². The molecule has 0 saturated heterocycles. The van der Waals surface area contributed by atoms with Gasteiger partial charge in [-0.15, -0.1) is 11.3 Å². The molecule has 0 aliphatic rings. The number of aromatic nitrogens is 1. The van der Waals surface area contributed by atoms with Crippen LogP contribution < -0.4 is 10.1 Å². The number of anilines is 1. The molecule has 0 saturated carbocycles. The third-order valence-corrected chi connectivity index (χ3v) is 6.59. The summed E-state index contributed by atoms with van der Waals surface area (Å²) in [5.74, 6) is 0.939.